The van der Waals surface area contributed by atoms with Gasteiger partial charge in [0.15, 0.2) is 0 Å². The van der Waals surface area contributed by atoms with Gasteiger partial charge in [0, 0.05) is 13.0 Å². The maximum absolute atomic E-state index is 13.4. The number of para-hydroxylation sites is 1. The number of fused-ring (bicyclic) bond motifs is 1. The van der Waals surface area contributed by atoms with E-state index in [1.807, 2.05) is 58.0 Å². The van der Waals surface area contributed by atoms with E-state index in [0.29, 0.717) is 18.7 Å². The quantitative estimate of drug-likeness (QED) is 0.366. The van der Waals surface area contributed by atoms with E-state index >= 15 is 0 Å². The Bertz CT molecular complexity index is 1170. The molecular formula is C32H44N4O5. The monoisotopic (exact) mass is 564 g/mol. The lowest BCUT2D eigenvalue weighted by Gasteiger charge is -2.27. The van der Waals surface area contributed by atoms with E-state index in [1.54, 1.807) is 24.3 Å². The van der Waals surface area contributed by atoms with Crippen LogP contribution in [0.1, 0.15) is 69.3 Å². The second-order valence-electron chi connectivity index (χ2n) is 11.4. The van der Waals surface area contributed by atoms with Crippen LogP contribution in [0.3, 0.4) is 0 Å². The molecule has 2 aromatic carbocycles. The van der Waals surface area contributed by atoms with Gasteiger partial charge in [-0.3, -0.25) is 19.2 Å². The van der Waals surface area contributed by atoms with Gasteiger partial charge < -0.3 is 26.0 Å². The van der Waals surface area contributed by atoms with Gasteiger partial charge in [0.25, 0.3) is 5.91 Å². The summed E-state index contributed by atoms with van der Waals surface area (Å²) in [6.45, 7) is 8.49. The summed E-state index contributed by atoms with van der Waals surface area (Å²) in [4.78, 5) is 52.8. The highest BCUT2D eigenvalue weighted by atomic mass is 16.5. The van der Waals surface area contributed by atoms with Crippen LogP contribution >= 0.6 is 0 Å². The fourth-order valence-electron chi connectivity index (χ4n) is 4.67. The number of amides is 4. The molecule has 0 spiro atoms. The fraction of sp³-hybridized carbons (Fsp3) is 0.500. The Balaban J connectivity index is 1.80. The summed E-state index contributed by atoms with van der Waals surface area (Å²) in [7, 11) is 0. The first-order valence-electron chi connectivity index (χ1n) is 14.6. The maximum atomic E-state index is 13.4. The molecule has 222 valence electrons. The number of hydrogen-bond donors (Lipinski definition) is 4. The molecule has 0 fully saturated rings. The van der Waals surface area contributed by atoms with Crippen LogP contribution in [0.5, 0.6) is 5.75 Å². The minimum Gasteiger partial charge on any atom is -0.491 e. The van der Waals surface area contributed by atoms with Crippen LogP contribution in [-0.2, 0) is 20.8 Å². The molecule has 0 bridgehead atoms. The van der Waals surface area contributed by atoms with Gasteiger partial charge in [0.1, 0.15) is 24.4 Å². The lowest BCUT2D eigenvalue weighted by Crippen LogP contribution is -2.53. The first-order chi connectivity index (χ1) is 19.6. The molecule has 0 saturated heterocycles. The van der Waals surface area contributed by atoms with Gasteiger partial charge in [0.2, 0.25) is 17.7 Å². The number of rotatable bonds is 8. The zero-order valence-corrected chi connectivity index (χ0v) is 24.6. The summed E-state index contributed by atoms with van der Waals surface area (Å²) in [6.07, 6.45) is 2.05. The Labute approximate surface area is 243 Å². The van der Waals surface area contributed by atoms with E-state index in [2.05, 4.69) is 21.3 Å². The lowest BCUT2D eigenvalue weighted by molar-refractivity contribution is -0.130. The first kappa shape index (κ1) is 31.6. The zero-order valence-electron chi connectivity index (χ0n) is 24.6. The van der Waals surface area contributed by atoms with Crippen LogP contribution in [0.15, 0.2) is 54.6 Å². The van der Waals surface area contributed by atoms with Crippen molar-refractivity contribution in [2.75, 3.05) is 13.2 Å². The van der Waals surface area contributed by atoms with Crippen LogP contribution in [0, 0.1) is 11.8 Å². The second-order valence-corrected chi connectivity index (χ2v) is 11.4. The van der Waals surface area contributed by atoms with Crippen LogP contribution in [0.2, 0.25) is 0 Å². The summed E-state index contributed by atoms with van der Waals surface area (Å²) < 4.78 is 6.05. The molecular weight excluding hydrogens is 520 g/mol. The largest absolute Gasteiger partial charge is 0.491 e. The SMILES string of the molecule is CC(C)C[C@H]1NC(=O)CC[C@@H](C(=O)NCCCc2ccccc2)NC(=O)c2ccccc2OC[C@H](C(C)C)NC1=O. The molecule has 1 aliphatic rings. The maximum Gasteiger partial charge on any atom is 0.255 e. The van der Waals surface area contributed by atoms with E-state index in [1.165, 1.54) is 5.56 Å². The molecule has 9 heteroatoms. The third-order valence-corrected chi connectivity index (χ3v) is 7.11. The highest BCUT2D eigenvalue weighted by molar-refractivity contribution is 5.99. The molecule has 0 aliphatic carbocycles. The van der Waals surface area contributed by atoms with Gasteiger partial charge >= 0.3 is 0 Å². The Kier molecular flexibility index (Phi) is 12.2. The minimum absolute atomic E-state index is 0.0317. The highest BCUT2D eigenvalue weighted by Gasteiger charge is 2.29. The fourth-order valence-corrected chi connectivity index (χ4v) is 4.67. The molecule has 2 aromatic rings. The highest BCUT2D eigenvalue weighted by Crippen LogP contribution is 2.20. The average molecular weight is 565 g/mol. The van der Waals surface area contributed by atoms with Crippen molar-refractivity contribution in [1.29, 1.82) is 0 Å². The third-order valence-electron chi connectivity index (χ3n) is 7.11. The van der Waals surface area contributed by atoms with E-state index in [0.717, 1.165) is 12.8 Å². The lowest BCUT2D eigenvalue weighted by atomic mass is 10.0. The molecule has 41 heavy (non-hydrogen) atoms. The summed E-state index contributed by atoms with van der Waals surface area (Å²) in [5.41, 5.74) is 1.46. The molecule has 1 heterocycles. The second kappa shape index (κ2) is 15.8. The third kappa shape index (κ3) is 10.2. The van der Waals surface area contributed by atoms with Crippen LogP contribution in [0.25, 0.3) is 0 Å². The van der Waals surface area contributed by atoms with Crippen LogP contribution in [-0.4, -0.2) is 54.9 Å². The summed E-state index contributed by atoms with van der Waals surface area (Å²) in [5, 5.41) is 11.6. The number of nitrogens with one attached hydrogen (secondary N) is 4. The van der Waals surface area contributed by atoms with Gasteiger partial charge in [-0.2, -0.15) is 0 Å². The normalized spacial score (nSPS) is 20.5. The van der Waals surface area contributed by atoms with Crippen LogP contribution in [0.4, 0.5) is 0 Å². The predicted octanol–water partition coefficient (Wildman–Crippen LogP) is 3.38. The molecule has 1 aliphatic heterocycles. The van der Waals surface area contributed by atoms with Gasteiger partial charge in [-0.05, 0) is 55.2 Å². The van der Waals surface area contributed by atoms with E-state index in [-0.39, 0.29) is 60.6 Å². The number of hydrogen-bond acceptors (Lipinski definition) is 5. The van der Waals surface area contributed by atoms with Crippen molar-refractivity contribution in [1.82, 2.24) is 21.3 Å². The topological polar surface area (TPSA) is 126 Å². The number of aryl methyl sites for hydroxylation is 1. The molecule has 4 amide bonds. The van der Waals surface area contributed by atoms with E-state index in [4.69, 9.17) is 4.74 Å². The van der Waals surface area contributed by atoms with Crippen molar-refractivity contribution in [2.45, 2.75) is 77.9 Å². The molecule has 3 rings (SSSR count). The summed E-state index contributed by atoms with van der Waals surface area (Å²) in [5.74, 6) is -0.895. The van der Waals surface area contributed by atoms with Crippen molar-refractivity contribution in [2.24, 2.45) is 11.8 Å². The van der Waals surface area contributed by atoms with Crippen molar-refractivity contribution in [3.8, 4) is 5.75 Å². The molecule has 9 nitrogen and oxygen atoms in total. The van der Waals surface area contributed by atoms with Crippen LogP contribution < -0.4 is 26.0 Å². The van der Waals surface area contributed by atoms with Gasteiger partial charge in [-0.15, -0.1) is 0 Å². The van der Waals surface area contributed by atoms with E-state index < -0.39 is 18.0 Å². The Hall–Kier alpha value is -3.88. The average Bonchev–Trinajstić information content (AvgIpc) is 2.95. The summed E-state index contributed by atoms with van der Waals surface area (Å²) in [6, 6.07) is 14.8. The predicted molar refractivity (Wildman–Crippen MR) is 158 cm³/mol. The molecule has 4 N–H and O–H groups in total. The van der Waals surface area contributed by atoms with Gasteiger partial charge in [-0.25, -0.2) is 0 Å². The smallest absolute Gasteiger partial charge is 0.255 e. The number of ether oxygens (including phenoxy) is 1. The van der Waals surface area contributed by atoms with E-state index in [9.17, 15) is 19.2 Å². The Morgan fingerprint density at radius 1 is 0.951 bits per heavy atom. The molecule has 0 saturated carbocycles. The molecule has 0 radical (unpaired) electrons. The summed E-state index contributed by atoms with van der Waals surface area (Å²) >= 11 is 0. The van der Waals surface area contributed by atoms with Gasteiger partial charge in [0.05, 0.1) is 11.6 Å². The minimum atomic E-state index is -0.941. The molecule has 3 atom stereocenters. The number of benzene rings is 2. The van der Waals surface area contributed by atoms with Crippen molar-refractivity contribution >= 4 is 23.6 Å². The Morgan fingerprint density at radius 2 is 1.66 bits per heavy atom. The number of carbonyl (C=O) groups is 4. The van der Waals surface area contributed by atoms with Crippen molar-refractivity contribution < 1.29 is 23.9 Å². The first-order valence-corrected chi connectivity index (χ1v) is 14.6. The standard InChI is InChI=1S/C32H44N4O5/c1-21(2)19-26-32(40)36-27(22(3)4)20-41-28-15-9-8-14-24(28)30(38)35-25(16-17-29(37)34-26)31(39)33-18-10-13-23-11-6-5-7-12-23/h5-9,11-12,14-15,21-22,25-27H,10,13,16-20H2,1-4H3,(H,33,39)(H,34,37)(H,35,38)(H,36,40)/t25-,26+,27+/m0/s1. The van der Waals surface area contributed by atoms with Crippen molar-refractivity contribution in [3.63, 3.8) is 0 Å². The molecule has 0 unspecified atom stereocenters. The molecule has 0 aromatic heterocycles. The van der Waals surface area contributed by atoms with Crippen molar-refractivity contribution in [3.05, 3.63) is 65.7 Å². The number of carbonyl (C=O) groups excluding carboxylic acids is 4. The zero-order chi connectivity index (χ0) is 29.8. The Morgan fingerprint density at radius 3 is 2.37 bits per heavy atom. The van der Waals surface area contributed by atoms with Gasteiger partial charge in [-0.1, -0.05) is 70.2 Å².